The van der Waals surface area contributed by atoms with E-state index in [1.807, 2.05) is 73.3 Å². The quantitative estimate of drug-likeness (QED) is 0.326. The maximum atomic E-state index is 13.1. The zero-order chi connectivity index (χ0) is 23.1. The molecule has 0 unspecified atom stereocenters. The monoisotopic (exact) mass is 459 g/mol. The van der Waals surface area contributed by atoms with Crippen molar-refractivity contribution < 1.29 is 19.0 Å². The molecule has 0 saturated heterocycles. The Bertz CT molecular complexity index is 1430. The van der Waals surface area contributed by atoms with Gasteiger partial charge in [-0.15, -0.1) is 0 Å². The molecule has 0 atom stereocenters. The van der Waals surface area contributed by atoms with Gasteiger partial charge >= 0.3 is 0 Å². The number of ketones is 1. The fraction of sp³-hybridized carbons (Fsp3) is 0.148. The van der Waals surface area contributed by atoms with Gasteiger partial charge in [0.1, 0.15) is 23.9 Å². The first-order valence-electron chi connectivity index (χ1n) is 10.5. The lowest BCUT2D eigenvalue weighted by Gasteiger charge is -2.11. The second kappa shape index (κ2) is 8.34. The number of benzene rings is 3. The normalized spacial score (nSPS) is 13.9. The molecule has 3 aromatic carbocycles. The van der Waals surface area contributed by atoms with Gasteiger partial charge in [-0.3, -0.25) is 4.79 Å². The molecule has 0 amide bonds. The third-order valence-electron chi connectivity index (χ3n) is 5.83. The van der Waals surface area contributed by atoms with Gasteiger partial charge < -0.3 is 18.8 Å². The second-order valence-electron chi connectivity index (χ2n) is 8.00. The van der Waals surface area contributed by atoms with Crippen molar-refractivity contribution in [1.29, 1.82) is 0 Å². The number of aromatic nitrogens is 1. The highest BCUT2D eigenvalue weighted by molar-refractivity contribution is 6.30. The minimum absolute atomic E-state index is 0.144. The molecular weight excluding hydrogens is 438 g/mol. The first-order valence-corrected chi connectivity index (χ1v) is 10.9. The summed E-state index contributed by atoms with van der Waals surface area (Å²) >= 11 is 6.06. The molecule has 0 spiro atoms. The number of allylic oxidation sites excluding steroid dienone is 1. The fourth-order valence-corrected chi connectivity index (χ4v) is 4.31. The Morgan fingerprint density at radius 2 is 1.97 bits per heavy atom. The molecule has 0 N–H and O–H groups in total. The SMILES string of the molecule is COc1ccc2c(c1)c(/C=C1\Oc3c(ccc(OCc4cccc(Cl)c4)c3C)C1=O)cn2C. The van der Waals surface area contributed by atoms with E-state index in [1.54, 1.807) is 19.3 Å². The number of carbonyl (C=O) groups is 1. The van der Waals surface area contributed by atoms with Crippen LogP contribution in [0.1, 0.15) is 27.0 Å². The lowest BCUT2D eigenvalue weighted by molar-refractivity contribution is 0.101. The van der Waals surface area contributed by atoms with Gasteiger partial charge in [-0.25, -0.2) is 0 Å². The predicted molar refractivity (Wildman–Crippen MR) is 129 cm³/mol. The van der Waals surface area contributed by atoms with Crippen LogP contribution in [0.5, 0.6) is 17.2 Å². The number of ether oxygens (including phenoxy) is 3. The van der Waals surface area contributed by atoms with E-state index in [4.69, 9.17) is 25.8 Å². The first-order chi connectivity index (χ1) is 15.9. The molecule has 33 heavy (non-hydrogen) atoms. The molecule has 5 rings (SSSR count). The molecule has 1 aliphatic rings. The standard InChI is InChI=1S/C27H22ClNO4/c1-16-24(32-15-17-5-4-6-19(28)11-17)10-8-21-26(30)25(33-27(16)21)12-18-14-29(2)23-9-7-20(31-3)13-22(18)23/h4-14H,15H2,1-3H3/b25-12-. The van der Waals surface area contributed by atoms with E-state index in [0.717, 1.165) is 33.3 Å². The second-order valence-corrected chi connectivity index (χ2v) is 8.44. The van der Waals surface area contributed by atoms with E-state index in [2.05, 4.69) is 0 Å². The minimum Gasteiger partial charge on any atom is -0.497 e. The number of hydrogen-bond acceptors (Lipinski definition) is 4. The van der Waals surface area contributed by atoms with Gasteiger partial charge in [0.05, 0.1) is 12.7 Å². The number of aryl methyl sites for hydroxylation is 1. The number of halogens is 1. The van der Waals surface area contributed by atoms with Crippen LogP contribution in [0.25, 0.3) is 17.0 Å². The lowest BCUT2D eigenvalue weighted by Crippen LogP contribution is -1.98. The number of hydrogen-bond donors (Lipinski definition) is 0. The third kappa shape index (κ3) is 3.85. The highest BCUT2D eigenvalue weighted by Crippen LogP contribution is 2.40. The predicted octanol–water partition coefficient (Wildman–Crippen LogP) is 6.34. The molecule has 1 aliphatic heterocycles. The van der Waals surface area contributed by atoms with Crippen LogP contribution in [0.3, 0.4) is 0 Å². The van der Waals surface area contributed by atoms with Crippen molar-refractivity contribution in [2.75, 3.05) is 7.11 Å². The number of fused-ring (bicyclic) bond motifs is 2. The molecule has 2 heterocycles. The van der Waals surface area contributed by atoms with E-state index in [9.17, 15) is 4.79 Å². The number of rotatable bonds is 5. The summed E-state index contributed by atoms with van der Waals surface area (Å²) in [6.45, 7) is 2.26. The van der Waals surface area contributed by atoms with Gasteiger partial charge in [-0.05, 0) is 61.0 Å². The summed E-state index contributed by atoms with van der Waals surface area (Å²) in [5.41, 5.74) is 4.21. The molecule has 0 saturated carbocycles. The largest absolute Gasteiger partial charge is 0.497 e. The zero-order valence-corrected chi connectivity index (χ0v) is 19.3. The molecule has 0 bridgehead atoms. The molecule has 1 aromatic heterocycles. The summed E-state index contributed by atoms with van der Waals surface area (Å²) in [6, 6.07) is 17.0. The lowest BCUT2D eigenvalue weighted by atomic mass is 10.1. The van der Waals surface area contributed by atoms with Gasteiger partial charge in [-0.1, -0.05) is 23.7 Å². The minimum atomic E-state index is -0.144. The van der Waals surface area contributed by atoms with E-state index in [-0.39, 0.29) is 11.5 Å². The summed E-state index contributed by atoms with van der Waals surface area (Å²) in [5, 5.41) is 1.65. The summed E-state index contributed by atoms with van der Waals surface area (Å²) in [7, 11) is 3.61. The van der Waals surface area contributed by atoms with Crippen molar-refractivity contribution in [2.45, 2.75) is 13.5 Å². The van der Waals surface area contributed by atoms with Crippen molar-refractivity contribution in [3.05, 3.63) is 93.8 Å². The smallest absolute Gasteiger partial charge is 0.231 e. The Kier molecular flexibility index (Phi) is 5.35. The topological polar surface area (TPSA) is 49.7 Å². The molecule has 0 fully saturated rings. The highest BCUT2D eigenvalue weighted by Gasteiger charge is 2.30. The maximum absolute atomic E-state index is 13.1. The van der Waals surface area contributed by atoms with Crippen molar-refractivity contribution >= 4 is 34.4 Å². The van der Waals surface area contributed by atoms with Gasteiger partial charge in [-0.2, -0.15) is 0 Å². The Morgan fingerprint density at radius 3 is 2.76 bits per heavy atom. The molecule has 0 radical (unpaired) electrons. The molecular formula is C27H22ClNO4. The molecule has 0 aliphatic carbocycles. The van der Waals surface area contributed by atoms with Crippen molar-refractivity contribution in [3.8, 4) is 17.2 Å². The average molecular weight is 460 g/mol. The summed E-state index contributed by atoms with van der Waals surface area (Å²) in [5.74, 6) is 2.10. The van der Waals surface area contributed by atoms with Crippen LogP contribution in [0.2, 0.25) is 5.02 Å². The fourth-order valence-electron chi connectivity index (χ4n) is 4.10. The molecule has 5 nitrogen and oxygen atoms in total. The van der Waals surface area contributed by atoms with Crippen LogP contribution < -0.4 is 14.2 Å². The van der Waals surface area contributed by atoms with E-state index in [0.29, 0.717) is 28.7 Å². The van der Waals surface area contributed by atoms with Crippen LogP contribution in [0, 0.1) is 6.92 Å². The Balaban J connectivity index is 1.45. The third-order valence-corrected chi connectivity index (χ3v) is 6.07. The van der Waals surface area contributed by atoms with E-state index >= 15 is 0 Å². The van der Waals surface area contributed by atoms with E-state index in [1.165, 1.54) is 0 Å². The molecule has 166 valence electrons. The van der Waals surface area contributed by atoms with Gasteiger partial charge in [0, 0.05) is 40.3 Å². The van der Waals surface area contributed by atoms with Crippen LogP contribution in [-0.2, 0) is 13.7 Å². The molecule has 4 aromatic rings. The van der Waals surface area contributed by atoms with Crippen LogP contribution >= 0.6 is 11.6 Å². The average Bonchev–Trinajstić information content (AvgIpc) is 3.30. The van der Waals surface area contributed by atoms with Crippen molar-refractivity contribution in [1.82, 2.24) is 4.57 Å². The van der Waals surface area contributed by atoms with Crippen molar-refractivity contribution in [2.24, 2.45) is 7.05 Å². The Morgan fingerprint density at radius 1 is 1.12 bits per heavy atom. The number of carbonyl (C=O) groups excluding carboxylic acids is 1. The Hall–Kier alpha value is -3.70. The van der Waals surface area contributed by atoms with Gasteiger partial charge in [0.25, 0.3) is 0 Å². The molecule has 6 heteroatoms. The maximum Gasteiger partial charge on any atom is 0.231 e. The van der Waals surface area contributed by atoms with Crippen LogP contribution in [0.15, 0.2) is 66.6 Å². The summed E-state index contributed by atoms with van der Waals surface area (Å²) in [4.78, 5) is 13.1. The van der Waals surface area contributed by atoms with Crippen molar-refractivity contribution in [3.63, 3.8) is 0 Å². The summed E-state index contributed by atoms with van der Waals surface area (Å²) < 4.78 is 19.4. The van der Waals surface area contributed by atoms with Gasteiger partial charge in [0.15, 0.2) is 5.76 Å². The zero-order valence-electron chi connectivity index (χ0n) is 18.5. The van der Waals surface area contributed by atoms with E-state index < -0.39 is 0 Å². The highest BCUT2D eigenvalue weighted by atomic mass is 35.5. The van der Waals surface area contributed by atoms with Crippen LogP contribution in [0.4, 0.5) is 0 Å². The summed E-state index contributed by atoms with van der Waals surface area (Å²) in [6.07, 6.45) is 3.76. The first kappa shape index (κ1) is 21.2. The Labute approximate surface area is 196 Å². The van der Waals surface area contributed by atoms with Crippen LogP contribution in [-0.4, -0.2) is 17.5 Å². The number of nitrogens with zero attached hydrogens (tertiary/aromatic N) is 1. The number of methoxy groups -OCH3 is 1. The number of Topliss-reactive ketones (excluding diaryl/α,β-unsaturated/α-hetero) is 1. The van der Waals surface area contributed by atoms with Gasteiger partial charge in [0.2, 0.25) is 5.78 Å².